The molecule has 1 aliphatic rings. The van der Waals surface area contributed by atoms with Crippen molar-refractivity contribution in [3.05, 3.63) is 47.7 Å². The quantitative estimate of drug-likeness (QED) is 0.437. The van der Waals surface area contributed by atoms with Gasteiger partial charge in [0.2, 0.25) is 0 Å². The number of nitrogens with one attached hydrogen (secondary N) is 1. The zero-order valence-electron chi connectivity index (χ0n) is 16.5. The molecule has 1 atom stereocenters. The van der Waals surface area contributed by atoms with Gasteiger partial charge < -0.3 is 19.9 Å². The van der Waals surface area contributed by atoms with Gasteiger partial charge >= 0.3 is 0 Å². The molecule has 1 fully saturated rings. The third-order valence-electron chi connectivity index (χ3n) is 4.63. The third kappa shape index (κ3) is 4.76. The van der Waals surface area contributed by atoms with E-state index >= 15 is 0 Å². The molecule has 0 bridgehead atoms. The van der Waals surface area contributed by atoms with Crippen LogP contribution in [0.2, 0.25) is 0 Å². The van der Waals surface area contributed by atoms with Crippen molar-refractivity contribution in [2.75, 3.05) is 43.1 Å². The van der Waals surface area contributed by atoms with E-state index in [0.29, 0.717) is 22.7 Å². The van der Waals surface area contributed by atoms with Crippen molar-refractivity contribution >= 4 is 28.6 Å². The van der Waals surface area contributed by atoms with Crippen molar-refractivity contribution in [3.8, 4) is 5.75 Å². The molecule has 1 aliphatic heterocycles. The van der Waals surface area contributed by atoms with Crippen LogP contribution in [-0.4, -0.2) is 58.1 Å². The van der Waals surface area contributed by atoms with E-state index in [9.17, 15) is 4.55 Å². The molecule has 7 nitrogen and oxygen atoms in total. The van der Waals surface area contributed by atoms with Crippen LogP contribution in [0.25, 0.3) is 0 Å². The number of aromatic nitrogens is 1. The van der Waals surface area contributed by atoms with Gasteiger partial charge in [-0.05, 0) is 44.2 Å². The van der Waals surface area contributed by atoms with Crippen LogP contribution in [0.3, 0.4) is 0 Å². The average molecular weight is 402 g/mol. The van der Waals surface area contributed by atoms with Gasteiger partial charge in [-0.3, -0.25) is 5.41 Å². The van der Waals surface area contributed by atoms with Crippen molar-refractivity contribution in [3.63, 3.8) is 0 Å². The van der Waals surface area contributed by atoms with E-state index in [-0.39, 0.29) is 6.10 Å². The number of nitrogen functional groups attached to an aromatic ring is 1. The standard InChI is InChI=1S/C20H27N5O2S/c1-14(2)27-16-4-5-18(21)17(13-16)20(22)15-6-7-23-19(12-15)24-8-10-25(11-9-24)28(3)26/h4-7,12-14,22H,8-11,21H2,1-3H3. The average Bonchev–Trinajstić information content (AvgIpc) is 2.68. The summed E-state index contributed by atoms with van der Waals surface area (Å²) in [6.45, 7) is 6.89. The van der Waals surface area contributed by atoms with Gasteiger partial charge in [0.15, 0.2) is 0 Å². The molecular weight excluding hydrogens is 374 g/mol. The van der Waals surface area contributed by atoms with Crippen molar-refractivity contribution in [1.29, 1.82) is 5.41 Å². The Morgan fingerprint density at radius 3 is 2.57 bits per heavy atom. The van der Waals surface area contributed by atoms with Crippen molar-refractivity contribution in [1.82, 2.24) is 9.29 Å². The Labute approximate surface area is 169 Å². The Hall–Kier alpha value is -2.29. The second-order valence-corrected chi connectivity index (χ2v) is 8.40. The second kappa shape index (κ2) is 8.81. The largest absolute Gasteiger partial charge is 0.598 e. The molecule has 8 heteroatoms. The Morgan fingerprint density at radius 1 is 1.21 bits per heavy atom. The van der Waals surface area contributed by atoms with Gasteiger partial charge in [0.05, 0.1) is 24.9 Å². The molecule has 1 aromatic heterocycles. The number of pyridine rings is 1. The predicted molar refractivity (Wildman–Crippen MR) is 115 cm³/mol. The number of nitrogens with zero attached hydrogens (tertiary/aromatic N) is 3. The van der Waals surface area contributed by atoms with Crippen LogP contribution in [-0.2, 0) is 11.4 Å². The number of hydrogen-bond donors (Lipinski definition) is 2. The van der Waals surface area contributed by atoms with E-state index in [4.69, 9.17) is 15.9 Å². The first-order valence-electron chi connectivity index (χ1n) is 9.30. The summed E-state index contributed by atoms with van der Waals surface area (Å²) in [4.78, 5) is 6.62. The van der Waals surface area contributed by atoms with Crippen molar-refractivity contribution in [2.45, 2.75) is 20.0 Å². The molecule has 0 aliphatic carbocycles. The first-order chi connectivity index (χ1) is 13.3. The van der Waals surface area contributed by atoms with Crippen LogP contribution >= 0.6 is 0 Å². The van der Waals surface area contributed by atoms with Gasteiger partial charge in [-0.2, -0.15) is 0 Å². The van der Waals surface area contributed by atoms with Crippen molar-refractivity contribution in [2.24, 2.45) is 0 Å². The number of piperazine rings is 1. The molecule has 3 rings (SSSR count). The summed E-state index contributed by atoms with van der Waals surface area (Å²) < 4.78 is 19.3. The van der Waals surface area contributed by atoms with E-state index in [1.807, 2.05) is 42.4 Å². The molecule has 1 unspecified atom stereocenters. The van der Waals surface area contributed by atoms with E-state index in [0.717, 1.165) is 37.6 Å². The van der Waals surface area contributed by atoms with Crippen LogP contribution in [0.1, 0.15) is 25.0 Å². The minimum absolute atomic E-state index is 0.0503. The van der Waals surface area contributed by atoms with Crippen LogP contribution in [0.4, 0.5) is 11.5 Å². The van der Waals surface area contributed by atoms with E-state index < -0.39 is 11.4 Å². The molecule has 150 valence electrons. The lowest BCUT2D eigenvalue weighted by Crippen LogP contribution is -2.48. The van der Waals surface area contributed by atoms with Crippen LogP contribution in [0, 0.1) is 5.41 Å². The van der Waals surface area contributed by atoms with Gasteiger partial charge in [-0.1, -0.05) is 0 Å². The SMILES string of the molecule is CC(C)Oc1ccc(N)c(C(=N)c2ccnc(N3CCN([S+](C)[O-])CC3)c2)c1. The first kappa shape index (κ1) is 20.4. The summed E-state index contributed by atoms with van der Waals surface area (Å²) >= 11 is -0.943. The lowest BCUT2D eigenvalue weighted by Gasteiger charge is -2.34. The fourth-order valence-electron chi connectivity index (χ4n) is 3.17. The lowest BCUT2D eigenvalue weighted by atomic mass is 10.0. The summed E-state index contributed by atoms with van der Waals surface area (Å²) in [6, 6.07) is 9.14. The Balaban J connectivity index is 1.80. The molecule has 0 radical (unpaired) electrons. The maximum Gasteiger partial charge on any atom is 0.129 e. The molecular formula is C20H27N5O2S. The number of hydrogen-bond acceptors (Lipinski definition) is 7. The van der Waals surface area contributed by atoms with Gasteiger partial charge in [0.25, 0.3) is 0 Å². The maximum absolute atomic E-state index is 11.6. The minimum atomic E-state index is -0.943. The highest BCUT2D eigenvalue weighted by molar-refractivity contribution is 7.88. The van der Waals surface area contributed by atoms with Crippen LogP contribution < -0.4 is 15.4 Å². The monoisotopic (exact) mass is 401 g/mol. The molecule has 0 spiro atoms. The zero-order valence-corrected chi connectivity index (χ0v) is 17.3. The zero-order chi connectivity index (χ0) is 20.3. The topological polar surface area (TPSA) is 102 Å². The van der Waals surface area contributed by atoms with E-state index in [1.165, 1.54) is 0 Å². The number of nitrogens with two attached hydrogens (primary N) is 1. The van der Waals surface area contributed by atoms with E-state index in [2.05, 4.69) is 9.88 Å². The van der Waals surface area contributed by atoms with Gasteiger partial charge in [0.1, 0.15) is 17.8 Å². The highest BCUT2D eigenvalue weighted by Gasteiger charge is 2.24. The number of rotatable bonds is 6. The summed E-state index contributed by atoms with van der Waals surface area (Å²) in [7, 11) is 0. The van der Waals surface area contributed by atoms with Gasteiger partial charge in [0, 0.05) is 47.5 Å². The highest BCUT2D eigenvalue weighted by Crippen LogP contribution is 2.25. The highest BCUT2D eigenvalue weighted by atomic mass is 32.2. The minimum Gasteiger partial charge on any atom is -0.598 e. The number of anilines is 2. The summed E-state index contributed by atoms with van der Waals surface area (Å²) in [5, 5.41) is 8.66. The fraction of sp³-hybridized carbons (Fsp3) is 0.400. The molecule has 1 saturated heterocycles. The molecule has 3 N–H and O–H groups in total. The fourth-order valence-corrected chi connectivity index (χ4v) is 3.85. The van der Waals surface area contributed by atoms with Crippen molar-refractivity contribution < 1.29 is 9.29 Å². The summed E-state index contributed by atoms with van der Waals surface area (Å²) in [5.74, 6) is 1.51. The number of ether oxygens (including phenoxy) is 1. The Bertz CT molecular complexity index is 835. The molecule has 2 heterocycles. The first-order valence-corrected chi connectivity index (χ1v) is 10.8. The van der Waals surface area contributed by atoms with Gasteiger partial charge in [-0.25, -0.2) is 4.98 Å². The maximum atomic E-state index is 11.6. The lowest BCUT2D eigenvalue weighted by molar-refractivity contribution is 0.242. The molecule has 2 aromatic rings. The normalized spacial score (nSPS) is 16.2. The smallest absolute Gasteiger partial charge is 0.129 e. The summed E-state index contributed by atoms with van der Waals surface area (Å²) in [6.07, 6.45) is 3.47. The number of benzene rings is 1. The molecule has 1 aromatic carbocycles. The molecule has 28 heavy (non-hydrogen) atoms. The Kier molecular flexibility index (Phi) is 6.43. The van der Waals surface area contributed by atoms with Crippen LogP contribution in [0.5, 0.6) is 5.75 Å². The molecule has 0 amide bonds. The predicted octanol–water partition coefficient (Wildman–Crippen LogP) is 2.28. The second-order valence-electron chi connectivity index (χ2n) is 7.03. The summed E-state index contributed by atoms with van der Waals surface area (Å²) in [5.41, 5.74) is 8.39. The van der Waals surface area contributed by atoms with E-state index in [1.54, 1.807) is 18.5 Å². The third-order valence-corrected chi connectivity index (χ3v) is 5.72. The Morgan fingerprint density at radius 2 is 1.93 bits per heavy atom. The van der Waals surface area contributed by atoms with Crippen LogP contribution in [0.15, 0.2) is 36.5 Å². The molecule has 0 saturated carbocycles. The van der Waals surface area contributed by atoms with Gasteiger partial charge in [-0.15, -0.1) is 4.31 Å².